The second-order valence-corrected chi connectivity index (χ2v) is 4.65. The Morgan fingerprint density at radius 3 is 2.94 bits per heavy atom. The number of nitrogens with one attached hydrogen (secondary N) is 1. The molecule has 94 valence electrons. The summed E-state index contributed by atoms with van der Waals surface area (Å²) in [7, 11) is 0. The number of ether oxygens (including phenoxy) is 1. The van der Waals surface area contributed by atoms with Gasteiger partial charge in [0.2, 0.25) is 5.88 Å². The van der Waals surface area contributed by atoms with E-state index < -0.39 is 0 Å². The van der Waals surface area contributed by atoms with E-state index in [1.807, 2.05) is 24.3 Å². The molecular weight excluding hydrogens is 226 g/mol. The standard InChI is InChI=1S/C14H17N3O/c1-2-7-13-12(6-1)16-9-14(17-13)18-10-11-5-3-4-8-15-11/h1-2,6-7,9,11,15H,3-5,8,10H2/t11-/m0/s1. The molecule has 0 saturated carbocycles. The van der Waals surface area contributed by atoms with Crippen molar-refractivity contribution in [1.29, 1.82) is 0 Å². The van der Waals surface area contributed by atoms with Crippen LogP contribution in [0.25, 0.3) is 11.0 Å². The lowest BCUT2D eigenvalue weighted by Crippen LogP contribution is -2.38. The molecule has 4 nitrogen and oxygen atoms in total. The molecule has 3 rings (SSSR count). The van der Waals surface area contributed by atoms with Gasteiger partial charge in [-0.3, -0.25) is 0 Å². The van der Waals surface area contributed by atoms with Crippen LogP contribution in [0.1, 0.15) is 19.3 Å². The molecule has 1 aromatic carbocycles. The highest BCUT2D eigenvalue weighted by atomic mass is 16.5. The van der Waals surface area contributed by atoms with Crippen molar-refractivity contribution in [3.63, 3.8) is 0 Å². The quantitative estimate of drug-likeness (QED) is 0.897. The molecule has 18 heavy (non-hydrogen) atoms. The van der Waals surface area contributed by atoms with Gasteiger partial charge in [0, 0.05) is 6.04 Å². The van der Waals surface area contributed by atoms with E-state index >= 15 is 0 Å². The minimum atomic E-state index is 0.451. The minimum Gasteiger partial charge on any atom is -0.475 e. The highest BCUT2D eigenvalue weighted by Gasteiger charge is 2.13. The first kappa shape index (κ1) is 11.4. The third-order valence-corrected chi connectivity index (χ3v) is 3.27. The van der Waals surface area contributed by atoms with Crippen molar-refractivity contribution in [2.75, 3.05) is 13.2 Å². The molecule has 1 fully saturated rings. The number of rotatable bonds is 3. The first-order chi connectivity index (χ1) is 8.92. The van der Waals surface area contributed by atoms with Crippen LogP contribution in [0.3, 0.4) is 0 Å². The van der Waals surface area contributed by atoms with Crippen LogP contribution in [0, 0.1) is 0 Å². The van der Waals surface area contributed by atoms with Gasteiger partial charge in [-0.05, 0) is 31.5 Å². The molecule has 4 heteroatoms. The Kier molecular flexibility index (Phi) is 3.37. The van der Waals surface area contributed by atoms with E-state index in [0.717, 1.165) is 17.6 Å². The Balaban J connectivity index is 1.66. The normalized spacial score (nSPS) is 19.9. The summed E-state index contributed by atoms with van der Waals surface area (Å²) in [4.78, 5) is 8.78. The summed E-state index contributed by atoms with van der Waals surface area (Å²) >= 11 is 0. The number of piperidine rings is 1. The van der Waals surface area contributed by atoms with Crippen LogP contribution in [0.15, 0.2) is 30.5 Å². The van der Waals surface area contributed by atoms with Gasteiger partial charge < -0.3 is 10.1 Å². The van der Waals surface area contributed by atoms with E-state index in [1.165, 1.54) is 19.3 Å². The fourth-order valence-corrected chi connectivity index (χ4v) is 2.26. The second kappa shape index (κ2) is 5.31. The summed E-state index contributed by atoms with van der Waals surface area (Å²) in [6.07, 6.45) is 5.43. The average Bonchev–Trinajstić information content (AvgIpc) is 2.46. The molecule has 1 saturated heterocycles. The first-order valence-corrected chi connectivity index (χ1v) is 6.50. The van der Waals surface area contributed by atoms with Gasteiger partial charge in [-0.1, -0.05) is 18.6 Å². The average molecular weight is 243 g/mol. The van der Waals surface area contributed by atoms with Crippen LogP contribution in [-0.4, -0.2) is 29.2 Å². The molecule has 2 heterocycles. The summed E-state index contributed by atoms with van der Waals surface area (Å²) in [5, 5.41) is 3.45. The summed E-state index contributed by atoms with van der Waals surface area (Å²) in [5.41, 5.74) is 1.78. The molecule has 0 unspecified atom stereocenters. The molecule has 1 N–H and O–H groups in total. The van der Waals surface area contributed by atoms with Crippen molar-refractivity contribution in [2.45, 2.75) is 25.3 Å². The fourth-order valence-electron chi connectivity index (χ4n) is 2.26. The second-order valence-electron chi connectivity index (χ2n) is 4.65. The first-order valence-electron chi connectivity index (χ1n) is 6.50. The zero-order chi connectivity index (χ0) is 12.2. The zero-order valence-electron chi connectivity index (χ0n) is 10.3. The third kappa shape index (κ3) is 2.59. The van der Waals surface area contributed by atoms with E-state index in [1.54, 1.807) is 6.20 Å². The molecule has 2 aromatic rings. The molecular formula is C14H17N3O. The maximum Gasteiger partial charge on any atom is 0.232 e. The Hall–Kier alpha value is -1.68. The van der Waals surface area contributed by atoms with E-state index in [9.17, 15) is 0 Å². The van der Waals surface area contributed by atoms with Crippen molar-refractivity contribution >= 4 is 11.0 Å². The van der Waals surface area contributed by atoms with Gasteiger partial charge in [0.05, 0.1) is 17.2 Å². The van der Waals surface area contributed by atoms with Crippen LogP contribution in [-0.2, 0) is 0 Å². The molecule has 0 radical (unpaired) electrons. The maximum atomic E-state index is 5.72. The van der Waals surface area contributed by atoms with E-state index in [2.05, 4.69) is 15.3 Å². The number of fused-ring (bicyclic) bond motifs is 1. The van der Waals surface area contributed by atoms with Crippen LogP contribution < -0.4 is 10.1 Å². The van der Waals surface area contributed by atoms with Gasteiger partial charge in [-0.15, -0.1) is 0 Å². The predicted molar refractivity (Wildman–Crippen MR) is 70.7 cm³/mol. The number of nitrogens with zero attached hydrogens (tertiary/aromatic N) is 2. The van der Waals surface area contributed by atoms with Gasteiger partial charge >= 0.3 is 0 Å². The smallest absolute Gasteiger partial charge is 0.232 e. The molecule has 1 atom stereocenters. The Morgan fingerprint density at radius 2 is 2.11 bits per heavy atom. The van der Waals surface area contributed by atoms with Crippen molar-refractivity contribution in [3.8, 4) is 5.88 Å². The minimum absolute atomic E-state index is 0.451. The van der Waals surface area contributed by atoms with Crippen molar-refractivity contribution in [3.05, 3.63) is 30.5 Å². The maximum absolute atomic E-state index is 5.72. The van der Waals surface area contributed by atoms with Crippen molar-refractivity contribution < 1.29 is 4.74 Å². The molecule has 1 aliphatic rings. The summed E-state index contributed by atoms with van der Waals surface area (Å²) < 4.78 is 5.72. The monoisotopic (exact) mass is 243 g/mol. The predicted octanol–water partition coefficient (Wildman–Crippen LogP) is 2.15. The summed E-state index contributed by atoms with van der Waals surface area (Å²) in [6.45, 7) is 1.77. The van der Waals surface area contributed by atoms with Gasteiger partial charge in [-0.25, -0.2) is 9.97 Å². The highest BCUT2D eigenvalue weighted by molar-refractivity contribution is 5.73. The topological polar surface area (TPSA) is 47.0 Å². The van der Waals surface area contributed by atoms with E-state index in [4.69, 9.17) is 4.74 Å². The third-order valence-electron chi connectivity index (χ3n) is 3.27. The Bertz CT molecular complexity index is 523. The molecule has 0 amide bonds. The number of hydrogen-bond acceptors (Lipinski definition) is 4. The number of benzene rings is 1. The van der Waals surface area contributed by atoms with Crippen molar-refractivity contribution in [2.24, 2.45) is 0 Å². The molecule has 1 aromatic heterocycles. The van der Waals surface area contributed by atoms with Crippen molar-refractivity contribution in [1.82, 2.24) is 15.3 Å². The van der Waals surface area contributed by atoms with E-state index in [0.29, 0.717) is 18.5 Å². The lowest BCUT2D eigenvalue weighted by atomic mass is 10.1. The molecule has 0 aliphatic carbocycles. The van der Waals surface area contributed by atoms with Crippen LogP contribution in [0.5, 0.6) is 5.88 Å². The lowest BCUT2D eigenvalue weighted by Gasteiger charge is -2.23. The number of hydrogen-bond donors (Lipinski definition) is 1. The van der Waals surface area contributed by atoms with Gasteiger partial charge in [0.25, 0.3) is 0 Å². The van der Waals surface area contributed by atoms with Gasteiger partial charge in [0.15, 0.2) is 0 Å². The highest BCUT2D eigenvalue weighted by Crippen LogP contribution is 2.14. The Labute approximate surface area is 106 Å². The largest absolute Gasteiger partial charge is 0.475 e. The van der Waals surface area contributed by atoms with Crippen LogP contribution in [0.2, 0.25) is 0 Å². The molecule has 0 bridgehead atoms. The lowest BCUT2D eigenvalue weighted by molar-refractivity contribution is 0.232. The van der Waals surface area contributed by atoms with Crippen LogP contribution >= 0.6 is 0 Å². The summed E-state index contributed by atoms with van der Waals surface area (Å²) in [6, 6.07) is 8.28. The van der Waals surface area contributed by atoms with Gasteiger partial charge in [-0.2, -0.15) is 0 Å². The number of para-hydroxylation sites is 2. The van der Waals surface area contributed by atoms with Crippen LogP contribution in [0.4, 0.5) is 0 Å². The fraction of sp³-hybridized carbons (Fsp3) is 0.429. The Morgan fingerprint density at radius 1 is 1.22 bits per heavy atom. The zero-order valence-corrected chi connectivity index (χ0v) is 10.3. The van der Waals surface area contributed by atoms with E-state index in [-0.39, 0.29) is 0 Å². The SMILES string of the molecule is c1ccc2nc(OC[C@@H]3CCCCN3)cnc2c1. The number of aromatic nitrogens is 2. The molecule has 1 aliphatic heterocycles. The molecule has 0 spiro atoms. The summed E-state index contributed by atoms with van der Waals surface area (Å²) in [5.74, 6) is 0.612. The van der Waals surface area contributed by atoms with Gasteiger partial charge in [0.1, 0.15) is 6.61 Å².